The number of hydrogen-bond donors (Lipinski definition) is 2. The first-order valence-corrected chi connectivity index (χ1v) is 11.0. The molecule has 7 nitrogen and oxygen atoms in total. The van der Waals surface area contributed by atoms with Gasteiger partial charge < -0.3 is 20.3 Å². The third kappa shape index (κ3) is 4.67. The Labute approximate surface area is 167 Å². The molecule has 1 aliphatic carbocycles. The van der Waals surface area contributed by atoms with Crippen molar-refractivity contribution in [3.05, 3.63) is 0 Å². The van der Waals surface area contributed by atoms with Crippen molar-refractivity contribution in [2.24, 2.45) is 0 Å². The molecule has 0 spiro atoms. The Balaban J connectivity index is 1.78. The summed E-state index contributed by atoms with van der Waals surface area (Å²) in [7, 11) is 0. The van der Waals surface area contributed by atoms with Gasteiger partial charge in [-0.2, -0.15) is 0 Å². The number of nitrogens with one attached hydrogen (secondary N) is 2. The SMILES string of the molecule is CC[C@](C)(C(=O)NC1CCCCC1)N(C[C@@H]1CCCO1)C(=O)[C@H]1CCC(=O)N1. The van der Waals surface area contributed by atoms with Crippen LogP contribution in [0, 0.1) is 0 Å². The number of hydrogen-bond acceptors (Lipinski definition) is 4. The molecule has 0 aromatic heterocycles. The van der Waals surface area contributed by atoms with E-state index in [2.05, 4.69) is 10.6 Å². The molecule has 2 aliphatic heterocycles. The second kappa shape index (κ2) is 9.25. The summed E-state index contributed by atoms with van der Waals surface area (Å²) in [6.45, 7) is 4.90. The van der Waals surface area contributed by atoms with Gasteiger partial charge in [-0.25, -0.2) is 0 Å². The average Bonchev–Trinajstić information content (AvgIpc) is 3.37. The second-order valence-electron chi connectivity index (χ2n) is 8.68. The number of amides is 3. The third-order valence-corrected chi connectivity index (χ3v) is 6.68. The molecule has 3 fully saturated rings. The molecule has 3 aliphatic rings. The summed E-state index contributed by atoms with van der Waals surface area (Å²) in [5, 5.41) is 5.98. The molecule has 0 unspecified atom stereocenters. The topological polar surface area (TPSA) is 87.7 Å². The van der Waals surface area contributed by atoms with E-state index >= 15 is 0 Å². The van der Waals surface area contributed by atoms with E-state index in [0.29, 0.717) is 32.4 Å². The van der Waals surface area contributed by atoms with Crippen LogP contribution in [-0.2, 0) is 19.1 Å². The van der Waals surface area contributed by atoms with Crippen molar-refractivity contribution in [1.29, 1.82) is 0 Å². The van der Waals surface area contributed by atoms with Crippen molar-refractivity contribution in [3.63, 3.8) is 0 Å². The van der Waals surface area contributed by atoms with Gasteiger partial charge in [-0.15, -0.1) is 0 Å². The van der Waals surface area contributed by atoms with E-state index in [9.17, 15) is 14.4 Å². The van der Waals surface area contributed by atoms with Crippen LogP contribution in [-0.4, -0.2) is 59.5 Å². The molecule has 2 heterocycles. The fraction of sp³-hybridized carbons (Fsp3) is 0.857. The summed E-state index contributed by atoms with van der Waals surface area (Å²) in [6, 6.07) is -0.347. The van der Waals surface area contributed by atoms with Gasteiger partial charge in [0.05, 0.1) is 6.10 Å². The number of rotatable bonds is 7. The summed E-state index contributed by atoms with van der Waals surface area (Å²) >= 11 is 0. The van der Waals surface area contributed by atoms with E-state index in [-0.39, 0.29) is 29.9 Å². The molecule has 0 aromatic rings. The van der Waals surface area contributed by atoms with E-state index in [1.807, 2.05) is 13.8 Å². The van der Waals surface area contributed by atoms with Crippen molar-refractivity contribution in [1.82, 2.24) is 15.5 Å². The zero-order valence-electron chi connectivity index (χ0n) is 17.3. The quantitative estimate of drug-likeness (QED) is 0.691. The zero-order valence-corrected chi connectivity index (χ0v) is 17.3. The van der Waals surface area contributed by atoms with Crippen LogP contribution in [0.5, 0.6) is 0 Å². The molecule has 158 valence electrons. The van der Waals surface area contributed by atoms with Crippen LogP contribution in [0.1, 0.15) is 78.1 Å². The second-order valence-corrected chi connectivity index (χ2v) is 8.68. The van der Waals surface area contributed by atoms with Crippen LogP contribution in [0.4, 0.5) is 0 Å². The first-order valence-electron chi connectivity index (χ1n) is 11.0. The van der Waals surface area contributed by atoms with Gasteiger partial charge in [-0.3, -0.25) is 14.4 Å². The molecule has 2 N–H and O–H groups in total. The van der Waals surface area contributed by atoms with Gasteiger partial charge in [0.2, 0.25) is 17.7 Å². The fourth-order valence-corrected chi connectivity index (χ4v) is 4.58. The van der Waals surface area contributed by atoms with Crippen molar-refractivity contribution < 1.29 is 19.1 Å². The Morgan fingerprint density at radius 3 is 2.50 bits per heavy atom. The van der Waals surface area contributed by atoms with Crippen LogP contribution in [0.3, 0.4) is 0 Å². The third-order valence-electron chi connectivity index (χ3n) is 6.68. The van der Waals surface area contributed by atoms with E-state index in [4.69, 9.17) is 4.74 Å². The Morgan fingerprint density at radius 2 is 1.93 bits per heavy atom. The first kappa shape index (κ1) is 21.1. The molecule has 3 amide bonds. The zero-order chi connectivity index (χ0) is 20.1. The van der Waals surface area contributed by atoms with Crippen LogP contribution in [0.25, 0.3) is 0 Å². The summed E-state index contributed by atoms with van der Waals surface area (Å²) in [5.74, 6) is -0.345. The van der Waals surface area contributed by atoms with Gasteiger partial charge in [0, 0.05) is 25.6 Å². The Bertz CT molecular complexity index is 584. The number of nitrogens with zero attached hydrogens (tertiary/aromatic N) is 1. The predicted octanol–water partition coefficient (Wildman–Crippen LogP) is 1.89. The predicted molar refractivity (Wildman–Crippen MR) is 106 cm³/mol. The van der Waals surface area contributed by atoms with E-state index in [1.165, 1.54) is 6.42 Å². The largest absolute Gasteiger partial charge is 0.376 e. The maximum atomic E-state index is 13.4. The standard InChI is InChI=1S/C21H35N3O4/c1-3-21(2,20(27)22-15-8-5-4-6-9-15)24(14-16-10-7-13-28-16)19(26)17-11-12-18(25)23-17/h15-17H,3-14H2,1-2H3,(H,22,27)(H,23,25)/t16-,17+,21+/m0/s1. The number of carbonyl (C=O) groups is 3. The van der Waals surface area contributed by atoms with Crippen LogP contribution in [0.2, 0.25) is 0 Å². The molecule has 7 heteroatoms. The number of carbonyl (C=O) groups excluding carboxylic acids is 3. The van der Waals surface area contributed by atoms with Crippen molar-refractivity contribution in [2.75, 3.05) is 13.2 Å². The highest BCUT2D eigenvalue weighted by Gasteiger charge is 2.45. The van der Waals surface area contributed by atoms with Gasteiger partial charge in [-0.1, -0.05) is 26.2 Å². The van der Waals surface area contributed by atoms with Crippen molar-refractivity contribution >= 4 is 17.7 Å². The van der Waals surface area contributed by atoms with Crippen molar-refractivity contribution in [2.45, 2.75) is 102 Å². The van der Waals surface area contributed by atoms with E-state index in [0.717, 1.165) is 38.5 Å². The minimum absolute atomic E-state index is 0.0468. The molecule has 2 saturated heterocycles. The van der Waals surface area contributed by atoms with Gasteiger partial charge in [0.25, 0.3) is 0 Å². The smallest absolute Gasteiger partial charge is 0.246 e. The molecule has 28 heavy (non-hydrogen) atoms. The lowest BCUT2D eigenvalue weighted by atomic mass is 9.90. The summed E-state index contributed by atoms with van der Waals surface area (Å²) in [5.41, 5.74) is -0.951. The molecular formula is C21H35N3O4. The van der Waals surface area contributed by atoms with Crippen LogP contribution >= 0.6 is 0 Å². The highest BCUT2D eigenvalue weighted by molar-refractivity contribution is 5.96. The Hall–Kier alpha value is -1.63. The first-order chi connectivity index (χ1) is 13.4. The van der Waals surface area contributed by atoms with Gasteiger partial charge in [0.15, 0.2) is 0 Å². The molecule has 0 radical (unpaired) electrons. The normalized spacial score (nSPS) is 27.9. The average molecular weight is 394 g/mol. The Morgan fingerprint density at radius 1 is 1.18 bits per heavy atom. The van der Waals surface area contributed by atoms with E-state index < -0.39 is 11.6 Å². The molecule has 0 aromatic carbocycles. The highest BCUT2D eigenvalue weighted by atomic mass is 16.5. The maximum Gasteiger partial charge on any atom is 0.246 e. The molecule has 1 saturated carbocycles. The molecule has 3 atom stereocenters. The molecule has 0 bridgehead atoms. The lowest BCUT2D eigenvalue weighted by Crippen LogP contribution is -2.64. The maximum absolute atomic E-state index is 13.4. The molecule has 3 rings (SSSR count). The Kier molecular flexibility index (Phi) is 6.96. The summed E-state index contributed by atoms with van der Waals surface area (Å²) in [4.78, 5) is 40.0. The van der Waals surface area contributed by atoms with E-state index in [1.54, 1.807) is 4.90 Å². The lowest BCUT2D eigenvalue weighted by Gasteiger charge is -2.42. The summed E-state index contributed by atoms with van der Waals surface area (Å²) < 4.78 is 5.77. The van der Waals surface area contributed by atoms with Crippen LogP contribution < -0.4 is 10.6 Å². The van der Waals surface area contributed by atoms with Gasteiger partial charge in [0.1, 0.15) is 11.6 Å². The summed E-state index contributed by atoms with van der Waals surface area (Å²) in [6.07, 6.45) is 8.70. The number of ether oxygens (including phenoxy) is 1. The van der Waals surface area contributed by atoms with Gasteiger partial charge >= 0.3 is 0 Å². The fourth-order valence-electron chi connectivity index (χ4n) is 4.58. The minimum atomic E-state index is -0.951. The lowest BCUT2D eigenvalue weighted by molar-refractivity contribution is -0.151. The van der Waals surface area contributed by atoms with Crippen LogP contribution in [0.15, 0.2) is 0 Å². The minimum Gasteiger partial charge on any atom is -0.376 e. The van der Waals surface area contributed by atoms with Crippen molar-refractivity contribution in [3.8, 4) is 0 Å². The highest BCUT2D eigenvalue weighted by Crippen LogP contribution is 2.27. The van der Waals surface area contributed by atoms with Gasteiger partial charge in [-0.05, 0) is 45.4 Å². The monoisotopic (exact) mass is 393 g/mol. The molecular weight excluding hydrogens is 358 g/mol.